The van der Waals surface area contributed by atoms with Gasteiger partial charge in [-0.25, -0.2) is 0 Å². The topological polar surface area (TPSA) is 29.9 Å². The largest absolute Gasteiger partial charge is 0.379 e. The highest BCUT2D eigenvalue weighted by Gasteiger charge is 2.01. The van der Waals surface area contributed by atoms with Gasteiger partial charge in [0, 0.05) is 36.2 Å². The van der Waals surface area contributed by atoms with E-state index in [-0.39, 0.29) is 0 Å². The highest BCUT2D eigenvalue weighted by Crippen LogP contribution is 2.21. The van der Waals surface area contributed by atoms with E-state index >= 15 is 0 Å². The first kappa shape index (κ1) is 10.8. The maximum Gasteiger partial charge on any atom is 0.0722 e. The van der Waals surface area contributed by atoms with E-state index in [1.54, 1.807) is 0 Å². The van der Waals surface area contributed by atoms with Crippen LogP contribution in [-0.4, -0.2) is 9.55 Å². The van der Waals surface area contributed by atoms with Gasteiger partial charge in [0.15, 0.2) is 0 Å². The molecule has 0 unspecified atom stereocenters. The molecule has 90 valence electrons. The molecule has 18 heavy (non-hydrogen) atoms. The molecule has 1 N–H and O–H groups in total. The molecule has 3 nitrogen and oxygen atoms in total. The van der Waals surface area contributed by atoms with Crippen molar-refractivity contribution in [2.75, 3.05) is 5.32 Å². The summed E-state index contributed by atoms with van der Waals surface area (Å²) in [4.78, 5) is 4.36. The van der Waals surface area contributed by atoms with Crippen molar-refractivity contribution in [3.8, 4) is 0 Å². The highest BCUT2D eigenvalue weighted by atomic mass is 15.0. The van der Waals surface area contributed by atoms with Crippen LogP contribution in [0.2, 0.25) is 0 Å². The summed E-state index contributed by atoms with van der Waals surface area (Å²) < 4.78 is 2.12. The second kappa shape index (κ2) is 4.53. The first-order chi connectivity index (χ1) is 8.84. The van der Waals surface area contributed by atoms with E-state index in [0.717, 1.165) is 23.1 Å². The van der Waals surface area contributed by atoms with E-state index in [0.29, 0.717) is 0 Å². The molecule has 2 aromatic heterocycles. The van der Waals surface area contributed by atoms with Gasteiger partial charge in [0.05, 0.1) is 12.1 Å². The molecule has 0 fully saturated rings. The Morgan fingerprint density at radius 3 is 2.89 bits per heavy atom. The standard InChI is InChI=1S/C15H15N3/c1-18-10-4-5-12(18)11-17-15-8-2-7-14-13(15)6-3-9-16-14/h2-10,17H,11H2,1H3. The van der Waals surface area contributed by atoms with Gasteiger partial charge in [0.25, 0.3) is 0 Å². The van der Waals surface area contributed by atoms with Gasteiger partial charge in [-0.05, 0) is 36.4 Å². The van der Waals surface area contributed by atoms with Crippen LogP contribution >= 0.6 is 0 Å². The van der Waals surface area contributed by atoms with Gasteiger partial charge < -0.3 is 9.88 Å². The lowest BCUT2D eigenvalue weighted by atomic mass is 10.2. The Hall–Kier alpha value is -2.29. The van der Waals surface area contributed by atoms with E-state index in [1.807, 2.05) is 24.4 Å². The number of pyridine rings is 1. The van der Waals surface area contributed by atoms with Crippen molar-refractivity contribution in [2.24, 2.45) is 7.05 Å². The summed E-state index contributed by atoms with van der Waals surface area (Å²) in [6.07, 6.45) is 3.88. The third-order valence-electron chi connectivity index (χ3n) is 3.16. The van der Waals surface area contributed by atoms with Crippen LogP contribution in [0.5, 0.6) is 0 Å². The number of aryl methyl sites for hydroxylation is 1. The molecule has 3 aromatic rings. The van der Waals surface area contributed by atoms with E-state index in [2.05, 4.69) is 52.4 Å². The number of nitrogens with one attached hydrogen (secondary N) is 1. The van der Waals surface area contributed by atoms with Crippen LogP contribution in [0.4, 0.5) is 5.69 Å². The molecule has 0 atom stereocenters. The molecule has 0 amide bonds. The number of fused-ring (bicyclic) bond motifs is 1. The predicted octanol–water partition coefficient (Wildman–Crippen LogP) is 3.19. The van der Waals surface area contributed by atoms with Gasteiger partial charge >= 0.3 is 0 Å². The molecule has 2 heterocycles. The van der Waals surface area contributed by atoms with Crippen LogP contribution in [0.1, 0.15) is 5.69 Å². The molecule has 0 aliphatic carbocycles. The van der Waals surface area contributed by atoms with Crippen molar-refractivity contribution in [1.82, 2.24) is 9.55 Å². The molecule has 3 heteroatoms. The van der Waals surface area contributed by atoms with Gasteiger partial charge in [-0.15, -0.1) is 0 Å². The molecule has 0 radical (unpaired) electrons. The lowest BCUT2D eigenvalue weighted by Crippen LogP contribution is -2.04. The van der Waals surface area contributed by atoms with Crippen molar-refractivity contribution in [3.05, 3.63) is 60.6 Å². The van der Waals surface area contributed by atoms with Crippen molar-refractivity contribution < 1.29 is 0 Å². The quantitative estimate of drug-likeness (QED) is 0.758. The van der Waals surface area contributed by atoms with Gasteiger partial charge in [-0.2, -0.15) is 0 Å². The van der Waals surface area contributed by atoms with Crippen molar-refractivity contribution in [3.63, 3.8) is 0 Å². The van der Waals surface area contributed by atoms with Crippen molar-refractivity contribution in [2.45, 2.75) is 6.54 Å². The van der Waals surface area contributed by atoms with Gasteiger partial charge in [-0.3, -0.25) is 4.98 Å². The SMILES string of the molecule is Cn1cccc1CNc1cccc2ncccc12. The zero-order chi connectivity index (χ0) is 12.4. The highest BCUT2D eigenvalue weighted by molar-refractivity contribution is 5.91. The fourth-order valence-electron chi connectivity index (χ4n) is 2.12. The maximum absolute atomic E-state index is 4.36. The minimum atomic E-state index is 0.817. The van der Waals surface area contributed by atoms with Crippen molar-refractivity contribution >= 4 is 16.6 Å². The Bertz CT molecular complexity index is 665. The summed E-state index contributed by atoms with van der Waals surface area (Å²) >= 11 is 0. The average molecular weight is 237 g/mol. The predicted molar refractivity (Wildman–Crippen MR) is 74.5 cm³/mol. The van der Waals surface area contributed by atoms with Crippen molar-refractivity contribution in [1.29, 1.82) is 0 Å². The monoisotopic (exact) mass is 237 g/mol. The van der Waals surface area contributed by atoms with Gasteiger partial charge in [0.2, 0.25) is 0 Å². The number of aromatic nitrogens is 2. The van der Waals surface area contributed by atoms with E-state index < -0.39 is 0 Å². The normalized spacial score (nSPS) is 10.7. The van der Waals surface area contributed by atoms with E-state index in [9.17, 15) is 0 Å². The number of hydrogen-bond acceptors (Lipinski definition) is 2. The Morgan fingerprint density at radius 2 is 2.06 bits per heavy atom. The molecule has 0 aliphatic heterocycles. The van der Waals surface area contributed by atoms with Gasteiger partial charge in [-0.1, -0.05) is 6.07 Å². The molecular formula is C15H15N3. The Balaban J connectivity index is 1.89. The minimum Gasteiger partial charge on any atom is -0.379 e. The zero-order valence-corrected chi connectivity index (χ0v) is 10.3. The summed E-state index contributed by atoms with van der Waals surface area (Å²) in [5.41, 5.74) is 3.41. The molecule has 0 saturated carbocycles. The molecule has 0 spiro atoms. The van der Waals surface area contributed by atoms with Crippen LogP contribution in [0, 0.1) is 0 Å². The molecule has 0 saturated heterocycles. The third-order valence-corrected chi connectivity index (χ3v) is 3.16. The maximum atomic E-state index is 4.36. The van der Waals surface area contributed by atoms with Gasteiger partial charge in [0.1, 0.15) is 0 Å². The summed E-state index contributed by atoms with van der Waals surface area (Å²) in [5.74, 6) is 0. The van der Waals surface area contributed by atoms with E-state index in [4.69, 9.17) is 0 Å². The Kier molecular flexibility index (Phi) is 2.73. The molecular weight excluding hydrogens is 222 g/mol. The average Bonchev–Trinajstić information content (AvgIpc) is 2.82. The smallest absolute Gasteiger partial charge is 0.0722 e. The van der Waals surface area contributed by atoms with Crippen LogP contribution < -0.4 is 5.32 Å². The Labute approximate surface area is 106 Å². The number of nitrogens with zero attached hydrogens (tertiary/aromatic N) is 2. The summed E-state index contributed by atoms with van der Waals surface area (Å²) in [7, 11) is 2.06. The zero-order valence-electron chi connectivity index (χ0n) is 10.3. The summed E-state index contributed by atoms with van der Waals surface area (Å²) in [6.45, 7) is 0.817. The number of rotatable bonds is 3. The number of hydrogen-bond donors (Lipinski definition) is 1. The second-order valence-electron chi connectivity index (χ2n) is 4.34. The minimum absolute atomic E-state index is 0.817. The molecule has 1 aromatic carbocycles. The molecule has 3 rings (SSSR count). The lowest BCUT2D eigenvalue weighted by molar-refractivity contribution is 0.843. The third kappa shape index (κ3) is 1.95. The number of benzene rings is 1. The molecule has 0 bridgehead atoms. The lowest BCUT2D eigenvalue weighted by Gasteiger charge is -2.10. The first-order valence-corrected chi connectivity index (χ1v) is 6.02. The van der Waals surface area contributed by atoms with Crippen LogP contribution in [0.3, 0.4) is 0 Å². The fraction of sp³-hybridized carbons (Fsp3) is 0.133. The first-order valence-electron chi connectivity index (χ1n) is 6.02. The molecule has 0 aliphatic rings. The van der Waals surface area contributed by atoms with E-state index in [1.165, 1.54) is 5.69 Å². The number of anilines is 1. The van der Waals surface area contributed by atoms with Crippen LogP contribution in [-0.2, 0) is 13.6 Å². The Morgan fingerprint density at radius 1 is 1.11 bits per heavy atom. The van der Waals surface area contributed by atoms with Crippen LogP contribution in [0.15, 0.2) is 54.9 Å². The summed E-state index contributed by atoms with van der Waals surface area (Å²) in [6, 6.07) is 14.4. The summed E-state index contributed by atoms with van der Waals surface area (Å²) in [5, 5.41) is 4.63. The van der Waals surface area contributed by atoms with Crippen LogP contribution in [0.25, 0.3) is 10.9 Å². The second-order valence-corrected chi connectivity index (χ2v) is 4.34. The fourth-order valence-corrected chi connectivity index (χ4v) is 2.12.